The highest BCUT2D eigenvalue weighted by Crippen LogP contribution is 2.21. The molecule has 0 atom stereocenters. The third kappa shape index (κ3) is 2.50. The van der Waals surface area contributed by atoms with Gasteiger partial charge in [0.05, 0.1) is 12.5 Å². The van der Waals surface area contributed by atoms with Crippen LogP contribution >= 0.6 is 15.9 Å². The molecule has 0 unspecified atom stereocenters. The molecule has 8 heteroatoms. The van der Waals surface area contributed by atoms with Gasteiger partial charge < -0.3 is 8.98 Å². The Bertz CT molecular complexity index is 646. The lowest BCUT2D eigenvalue weighted by Crippen LogP contribution is -2.23. The van der Waals surface area contributed by atoms with E-state index in [0.717, 1.165) is 5.56 Å². The summed E-state index contributed by atoms with van der Waals surface area (Å²) in [4.78, 5) is 4.02. The fourth-order valence-corrected chi connectivity index (χ4v) is 3.45. The number of halogens is 1. The second-order valence-electron chi connectivity index (χ2n) is 3.77. The quantitative estimate of drug-likeness (QED) is 0.921. The SMILES string of the molecule is Cc1nc(S(=O)(=O)NCc2ccoc2)c(Br)n1C. The molecule has 2 heterocycles. The van der Waals surface area contributed by atoms with Crippen molar-refractivity contribution in [3.05, 3.63) is 34.6 Å². The molecule has 0 spiro atoms. The largest absolute Gasteiger partial charge is 0.472 e. The first-order chi connectivity index (χ1) is 8.42. The van der Waals surface area contributed by atoms with Crippen LogP contribution in [0.3, 0.4) is 0 Å². The van der Waals surface area contributed by atoms with Crippen LogP contribution in [-0.2, 0) is 23.6 Å². The molecule has 0 saturated heterocycles. The van der Waals surface area contributed by atoms with Crippen molar-refractivity contribution in [3.8, 4) is 0 Å². The summed E-state index contributed by atoms with van der Waals surface area (Å²) < 4.78 is 33.6. The molecule has 0 aliphatic rings. The number of nitrogens with one attached hydrogen (secondary N) is 1. The maximum Gasteiger partial charge on any atom is 0.261 e. The van der Waals surface area contributed by atoms with Crippen molar-refractivity contribution in [1.82, 2.24) is 14.3 Å². The summed E-state index contributed by atoms with van der Waals surface area (Å²) >= 11 is 3.22. The zero-order valence-electron chi connectivity index (χ0n) is 9.84. The van der Waals surface area contributed by atoms with E-state index in [1.807, 2.05) is 0 Å². The average Bonchev–Trinajstić information content (AvgIpc) is 2.91. The van der Waals surface area contributed by atoms with Crippen LogP contribution in [-0.4, -0.2) is 18.0 Å². The number of hydrogen-bond donors (Lipinski definition) is 1. The van der Waals surface area contributed by atoms with Crippen LogP contribution in [0.4, 0.5) is 0 Å². The molecule has 0 amide bonds. The number of nitrogens with zero attached hydrogens (tertiary/aromatic N) is 2. The zero-order valence-corrected chi connectivity index (χ0v) is 12.2. The summed E-state index contributed by atoms with van der Waals surface area (Å²) in [5.74, 6) is 0.616. The summed E-state index contributed by atoms with van der Waals surface area (Å²) in [5, 5.41) is -0.00834. The van der Waals surface area contributed by atoms with E-state index in [1.165, 1.54) is 12.5 Å². The molecule has 0 aliphatic heterocycles. The topological polar surface area (TPSA) is 77.1 Å². The molecule has 0 radical (unpaired) electrons. The molecule has 0 aromatic carbocycles. The number of aryl methyl sites for hydroxylation is 1. The van der Waals surface area contributed by atoms with E-state index >= 15 is 0 Å². The van der Waals surface area contributed by atoms with E-state index in [-0.39, 0.29) is 11.6 Å². The van der Waals surface area contributed by atoms with E-state index in [0.29, 0.717) is 10.4 Å². The fraction of sp³-hybridized carbons (Fsp3) is 0.300. The van der Waals surface area contributed by atoms with Gasteiger partial charge in [-0.3, -0.25) is 0 Å². The average molecular weight is 334 g/mol. The molecule has 0 aliphatic carbocycles. The molecule has 98 valence electrons. The van der Waals surface area contributed by atoms with Crippen LogP contribution in [0, 0.1) is 6.92 Å². The van der Waals surface area contributed by atoms with Gasteiger partial charge in [0.1, 0.15) is 10.4 Å². The lowest BCUT2D eigenvalue weighted by molar-refractivity contribution is 0.560. The maximum absolute atomic E-state index is 12.1. The van der Waals surface area contributed by atoms with Gasteiger partial charge in [-0.25, -0.2) is 18.1 Å². The van der Waals surface area contributed by atoms with Gasteiger partial charge in [0, 0.05) is 19.2 Å². The molecule has 6 nitrogen and oxygen atoms in total. The Hall–Kier alpha value is -1.12. The minimum Gasteiger partial charge on any atom is -0.472 e. The number of rotatable bonds is 4. The molecule has 0 bridgehead atoms. The highest BCUT2D eigenvalue weighted by Gasteiger charge is 2.23. The molecule has 0 fully saturated rings. The summed E-state index contributed by atoms with van der Waals surface area (Å²) in [6, 6.07) is 1.70. The van der Waals surface area contributed by atoms with Gasteiger partial charge in [-0.1, -0.05) is 0 Å². The third-order valence-corrected chi connectivity index (χ3v) is 5.01. The number of sulfonamides is 1. The smallest absolute Gasteiger partial charge is 0.261 e. The molecule has 2 rings (SSSR count). The van der Waals surface area contributed by atoms with Gasteiger partial charge in [0.25, 0.3) is 10.0 Å². The number of hydrogen-bond acceptors (Lipinski definition) is 4. The Labute approximate surface area is 113 Å². The Kier molecular flexibility index (Phi) is 3.60. The Morgan fingerprint density at radius 1 is 1.56 bits per heavy atom. The van der Waals surface area contributed by atoms with Crippen LogP contribution < -0.4 is 4.72 Å². The van der Waals surface area contributed by atoms with Crippen molar-refractivity contribution in [2.75, 3.05) is 0 Å². The Morgan fingerprint density at radius 3 is 2.78 bits per heavy atom. The van der Waals surface area contributed by atoms with Crippen molar-refractivity contribution in [3.63, 3.8) is 0 Å². The normalized spacial score (nSPS) is 11.9. The summed E-state index contributed by atoms with van der Waals surface area (Å²) in [5.41, 5.74) is 0.752. The van der Waals surface area contributed by atoms with Gasteiger partial charge in [-0.05, 0) is 28.9 Å². The maximum atomic E-state index is 12.1. The highest BCUT2D eigenvalue weighted by molar-refractivity contribution is 9.10. The molecule has 0 saturated carbocycles. The molecule has 2 aromatic rings. The predicted octanol–water partition coefficient (Wildman–Crippen LogP) is 1.56. The molecule has 18 heavy (non-hydrogen) atoms. The summed E-state index contributed by atoms with van der Waals surface area (Å²) in [6.45, 7) is 1.90. The van der Waals surface area contributed by atoms with Crippen LogP contribution in [0.25, 0.3) is 0 Å². The standard InChI is InChI=1S/C10H12BrN3O3S/c1-7-13-10(9(11)14(7)2)18(15,16)12-5-8-3-4-17-6-8/h3-4,6,12H,5H2,1-2H3. The van der Waals surface area contributed by atoms with E-state index in [9.17, 15) is 8.42 Å². The van der Waals surface area contributed by atoms with Gasteiger partial charge in [0.15, 0.2) is 0 Å². The second kappa shape index (κ2) is 4.87. The van der Waals surface area contributed by atoms with E-state index < -0.39 is 10.0 Å². The van der Waals surface area contributed by atoms with Crippen molar-refractivity contribution in [2.24, 2.45) is 7.05 Å². The molecule has 2 aromatic heterocycles. The van der Waals surface area contributed by atoms with Gasteiger partial charge >= 0.3 is 0 Å². The predicted molar refractivity (Wildman–Crippen MR) is 68.4 cm³/mol. The lowest BCUT2D eigenvalue weighted by Gasteiger charge is -2.03. The van der Waals surface area contributed by atoms with Crippen molar-refractivity contribution < 1.29 is 12.8 Å². The number of aromatic nitrogens is 2. The van der Waals surface area contributed by atoms with Gasteiger partial charge in [-0.15, -0.1) is 0 Å². The summed E-state index contributed by atoms with van der Waals surface area (Å²) in [6.07, 6.45) is 2.98. The molecular formula is C10H12BrN3O3S. The van der Waals surface area contributed by atoms with E-state index in [4.69, 9.17) is 4.42 Å². The van der Waals surface area contributed by atoms with Crippen LogP contribution in [0.1, 0.15) is 11.4 Å². The minimum absolute atomic E-state index is 0.00834. The fourth-order valence-electron chi connectivity index (χ4n) is 1.36. The Balaban J connectivity index is 2.23. The van der Waals surface area contributed by atoms with Crippen molar-refractivity contribution in [1.29, 1.82) is 0 Å². The first-order valence-electron chi connectivity index (χ1n) is 5.11. The van der Waals surface area contributed by atoms with Crippen LogP contribution in [0.15, 0.2) is 32.6 Å². The van der Waals surface area contributed by atoms with Gasteiger partial charge in [-0.2, -0.15) is 0 Å². The highest BCUT2D eigenvalue weighted by atomic mass is 79.9. The number of furan rings is 1. The first-order valence-corrected chi connectivity index (χ1v) is 7.39. The Morgan fingerprint density at radius 2 is 2.28 bits per heavy atom. The monoisotopic (exact) mass is 333 g/mol. The molecule has 1 N–H and O–H groups in total. The van der Waals surface area contributed by atoms with Crippen LogP contribution in [0.2, 0.25) is 0 Å². The first kappa shape index (κ1) is 13.3. The van der Waals surface area contributed by atoms with Gasteiger partial charge in [0.2, 0.25) is 5.03 Å². The third-order valence-electron chi connectivity index (χ3n) is 2.52. The second-order valence-corrected chi connectivity index (χ2v) is 6.20. The van der Waals surface area contributed by atoms with Crippen molar-refractivity contribution in [2.45, 2.75) is 18.5 Å². The lowest BCUT2D eigenvalue weighted by atomic mass is 10.4. The number of imidazole rings is 1. The molecular weight excluding hydrogens is 322 g/mol. The van der Waals surface area contributed by atoms with E-state index in [2.05, 4.69) is 25.6 Å². The minimum atomic E-state index is -3.64. The van der Waals surface area contributed by atoms with Crippen LogP contribution in [0.5, 0.6) is 0 Å². The van der Waals surface area contributed by atoms with Crippen molar-refractivity contribution >= 4 is 26.0 Å². The zero-order chi connectivity index (χ0) is 13.3. The van der Waals surface area contributed by atoms with E-state index in [1.54, 1.807) is 24.6 Å². The summed E-state index contributed by atoms with van der Waals surface area (Å²) in [7, 11) is -1.90.